The molecule has 160 valence electrons. The van der Waals surface area contributed by atoms with Gasteiger partial charge in [0.1, 0.15) is 6.61 Å². The molecule has 3 N–H and O–H groups in total. The zero-order valence-corrected chi connectivity index (χ0v) is 17.3. The molecule has 0 saturated carbocycles. The largest absolute Gasteiger partial charge is 0.481 e. The zero-order valence-electron chi connectivity index (χ0n) is 17.3. The van der Waals surface area contributed by atoms with Crippen molar-refractivity contribution >= 4 is 11.9 Å². The first-order valence-electron chi connectivity index (χ1n) is 10.3. The number of aliphatic carboxylic acids is 1. The van der Waals surface area contributed by atoms with E-state index < -0.39 is 23.9 Å². The number of benzene rings is 3. The highest BCUT2D eigenvalue weighted by molar-refractivity contribution is 5.95. The van der Waals surface area contributed by atoms with E-state index in [1.165, 1.54) is 0 Å². The molecule has 0 radical (unpaired) electrons. The fraction of sp³-hybridized carbons (Fsp3) is 0.192. The number of carbonyl (C=O) groups is 2. The number of nitriles is 1. The van der Waals surface area contributed by atoms with Gasteiger partial charge in [-0.3, -0.25) is 9.59 Å². The summed E-state index contributed by atoms with van der Waals surface area (Å²) in [5.41, 5.74) is 11.4. The molecule has 0 fully saturated rings. The molecule has 0 saturated heterocycles. The standard InChI is InChI=1S/C26H22N2O4/c27-14-17-8-2-1-7-16(17)13-23(28)24(25(29)30)26(31)32-15-22-20-11-5-3-9-18(20)19-10-4-6-12-21(19)22/h1-12,22-24H,13,15,28H2,(H,29,30)/t23-,24+/m1/s1. The van der Waals surface area contributed by atoms with Crippen molar-refractivity contribution in [2.45, 2.75) is 18.4 Å². The number of rotatable bonds is 7. The minimum Gasteiger partial charge on any atom is -0.481 e. The SMILES string of the molecule is N#Cc1ccccc1C[C@@H](N)[C@@H](C(=O)O)C(=O)OCC1c2ccccc2-c2ccccc21. The molecule has 0 heterocycles. The third kappa shape index (κ3) is 3.98. The summed E-state index contributed by atoms with van der Waals surface area (Å²) < 4.78 is 5.51. The Morgan fingerprint density at radius 3 is 2.12 bits per heavy atom. The Morgan fingerprint density at radius 2 is 1.53 bits per heavy atom. The van der Waals surface area contributed by atoms with Crippen LogP contribution in [0.25, 0.3) is 11.1 Å². The Balaban J connectivity index is 1.51. The van der Waals surface area contributed by atoms with E-state index in [-0.39, 0.29) is 18.9 Å². The molecule has 0 aliphatic heterocycles. The number of fused-ring (bicyclic) bond motifs is 3. The number of carboxylic acid groups (broad SMARTS) is 1. The second kappa shape index (κ2) is 9.04. The van der Waals surface area contributed by atoms with Crippen LogP contribution in [0.15, 0.2) is 72.8 Å². The van der Waals surface area contributed by atoms with Crippen LogP contribution >= 0.6 is 0 Å². The molecule has 32 heavy (non-hydrogen) atoms. The van der Waals surface area contributed by atoms with Gasteiger partial charge in [-0.25, -0.2) is 0 Å². The second-order valence-electron chi connectivity index (χ2n) is 7.81. The van der Waals surface area contributed by atoms with Gasteiger partial charge < -0.3 is 15.6 Å². The van der Waals surface area contributed by atoms with E-state index in [2.05, 4.69) is 6.07 Å². The Hall–Kier alpha value is -3.95. The van der Waals surface area contributed by atoms with Crippen molar-refractivity contribution in [3.63, 3.8) is 0 Å². The Kier molecular flexibility index (Phi) is 6.02. The van der Waals surface area contributed by atoms with Crippen molar-refractivity contribution in [1.82, 2.24) is 0 Å². The first-order valence-corrected chi connectivity index (χ1v) is 10.3. The molecule has 6 heteroatoms. The second-order valence-corrected chi connectivity index (χ2v) is 7.81. The van der Waals surface area contributed by atoms with Crippen molar-refractivity contribution in [3.05, 3.63) is 95.1 Å². The number of nitrogens with zero attached hydrogens (tertiary/aromatic N) is 1. The van der Waals surface area contributed by atoms with Crippen LogP contribution in [0.1, 0.15) is 28.2 Å². The van der Waals surface area contributed by atoms with E-state index in [0.717, 1.165) is 22.3 Å². The molecule has 3 aromatic carbocycles. The number of ether oxygens (including phenoxy) is 1. The van der Waals surface area contributed by atoms with Gasteiger partial charge in [-0.05, 0) is 40.3 Å². The van der Waals surface area contributed by atoms with Crippen LogP contribution in [0.2, 0.25) is 0 Å². The summed E-state index contributed by atoms with van der Waals surface area (Å²) in [7, 11) is 0. The van der Waals surface area contributed by atoms with Crippen molar-refractivity contribution < 1.29 is 19.4 Å². The average Bonchev–Trinajstić information content (AvgIpc) is 3.11. The first kappa shape index (κ1) is 21.3. The topological polar surface area (TPSA) is 113 Å². The predicted octanol–water partition coefficient (Wildman–Crippen LogP) is 3.48. The summed E-state index contributed by atoms with van der Waals surface area (Å²) in [4.78, 5) is 24.7. The van der Waals surface area contributed by atoms with Crippen LogP contribution in [0.5, 0.6) is 0 Å². The zero-order chi connectivity index (χ0) is 22.7. The van der Waals surface area contributed by atoms with E-state index in [9.17, 15) is 20.0 Å². The van der Waals surface area contributed by atoms with Gasteiger partial charge in [0.05, 0.1) is 11.6 Å². The van der Waals surface area contributed by atoms with Crippen molar-refractivity contribution in [2.75, 3.05) is 6.61 Å². The quantitative estimate of drug-likeness (QED) is 0.442. The average molecular weight is 426 g/mol. The van der Waals surface area contributed by atoms with Crippen LogP contribution in [0, 0.1) is 17.2 Å². The molecular formula is C26H22N2O4. The monoisotopic (exact) mass is 426 g/mol. The van der Waals surface area contributed by atoms with Gasteiger partial charge in [0.2, 0.25) is 0 Å². The molecule has 0 spiro atoms. The molecule has 2 atom stereocenters. The van der Waals surface area contributed by atoms with Gasteiger partial charge in [-0.2, -0.15) is 5.26 Å². The number of nitrogens with two attached hydrogens (primary N) is 1. The number of carbonyl (C=O) groups excluding carboxylic acids is 1. The summed E-state index contributed by atoms with van der Waals surface area (Å²) >= 11 is 0. The molecule has 0 unspecified atom stereocenters. The minimum absolute atomic E-state index is 0.0259. The maximum atomic E-state index is 12.8. The first-order chi connectivity index (χ1) is 15.5. The lowest BCUT2D eigenvalue weighted by Gasteiger charge is -2.21. The van der Waals surface area contributed by atoms with E-state index in [1.54, 1.807) is 24.3 Å². The molecule has 4 rings (SSSR count). The number of esters is 1. The van der Waals surface area contributed by atoms with Crippen molar-refractivity contribution in [1.29, 1.82) is 5.26 Å². The molecule has 0 bridgehead atoms. The summed E-state index contributed by atoms with van der Waals surface area (Å²) in [6, 6.07) is 23.6. The lowest BCUT2D eigenvalue weighted by atomic mass is 9.92. The molecule has 1 aliphatic carbocycles. The number of hydrogen-bond acceptors (Lipinski definition) is 5. The van der Waals surface area contributed by atoms with Gasteiger partial charge in [-0.15, -0.1) is 0 Å². The third-order valence-corrected chi connectivity index (χ3v) is 5.90. The van der Waals surface area contributed by atoms with Crippen LogP contribution in [-0.4, -0.2) is 29.7 Å². The van der Waals surface area contributed by atoms with Crippen LogP contribution in [0.3, 0.4) is 0 Å². The van der Waals surface area contributed by atoms with Gasteiger partial charge in [0.25, 0.3) is 0 Å². The smallest absolute Gasteiger partial charge is 0.321 e. The van der Waals surface area contributed by atoms with E-state index >= 15 is 0 Å². The molecule has 0 amide bonds. The van der Waals surface area contributed by atoms with Gasteiger partial charge in [-0.1, -0.05) is 66.7 Å². The molecule has 3 aromatic rings. The lowest BCUT2D eigenvalue weighted by molar-refractivity contribution is -0.159. The summed E-state index contributed by atoms with van der Waals surface area (Å²) in [6.07, 6.45) is 0.0743. The van der Waals surface area contributed by atoms with Gasteiger partial charge in [0, 0.05) is 12.0 Å². The van der Waals surface area contributed by atoms with E-state index in [1.807, 2.05) is 48.5 Å². The highest BCUT2D eigenvalue weighted by Crippen LogP contribution is 2.44. The van der Waals surface area contributed by atoms with Crippen LogP contribution in [-0.2, 0) is 20.7 Å². The molecule has 6 nitrogen and oxygen atoms in total. The highest BCUT2D eigenvalue weighted by atomic mass is 16.5. The van der Waals surface area contributed by atoms with Gasteiger partial charge >= 0.3 is 11.9 Å². The highest BCUT2D eigenvalue weighted by Gasteiger charge is 2.36. The third-order valence-electron chi connectivity index (χ3n) is 5.90. The summed E-state index contributed by atoms with van der Waals surface area (Å²) in [5.74, 6) is -3.92. The number of carboxylic acids is 1. The van der Waals surface area contributed by atoms with E-state index in [4.69, 9.17) is 10.5 Å². The predicted molar refractivity (Wildman–Crippen MR) is 119 cm³/mol. The van der Waals surface area contributed by atoms with Crippen molar-refractivity contribution in [3.8, 4) is 17.2 Å². The Bertz CT molecular complexity index is 1170. The molecule has 0 aromatic heterocycles. The fourth-order valence-electron chi connectivity index (χ4n) is 4.33. The normalized spacial score (nSPS) is 14.0. The Labute approximate surface area is 185 Å². The van der Waals surface area contributed by atoms with Gasteiger partial charge in [0.15, 0.2) is 5.92 Å². The maximum absolute atomic E-state index is 12.8. The van der Waals surface area contributed by atoms with Crippen LogP contribution in [0.4, 0.5) is 0 Å². The number of hydrogen-bond donors (Lipinski definition) is 2. The minimum atomic E-state index is -1.53. The molecular weight excluding hydrogens is 404 g/mol. The Morgan fingerprint density at radius 1 is 0.969 bits per heavy atom. The lowest BCUT2D eigenvalue weighted by Crippen LogP contribution is -2.43. The fourth-order valence-corrected chi connectivity index (χ4v) is 4.33. The summed E-state index contributed by atoms with van der Waals surface area (Å²) in [6.45, 7) is 0.0259. The summed E-state index contributed by atoms with van der Waals surface area (Å²) in [5, 5.41) is 18.9. The van der Waals surface area contributed by atoms with Crippen molar-refractivity contribution in [2.24, 2.45) is 11.7 Å². The molecule has 1 aliphatic rings. The maximum Gasteiger partial charge on any atom is 0.321 e. The van der Waals surface area contributed by atoms with E-state index in [0.29, 0.717) is 11.1 Å². The van der Waals surface area contributed by atoms with Crippen LogP contribution < -0.4 is 5.73 Å².